The van der Waals surface area contributed by atoms with E-state index in [0.717, 1.165) is 11.1 Å². The monoisotopic (exact) mass is 366 g/mol. The molecule has 0 bridgehead atoms. The van der Waals surface area contributed by atoms with Crippen LogP contribution in [0.5, 0.6) is 0 Å². The van der Waals surface area contributed by atoms with Gasteiger partial charge in [-0.15, -0.1) is 0 Å². The molecule has 0 N–H and O–H groups in total. The number of fused-ring (bicyclic) bond motifs is 2. The quantitative estimate of drug-likeness (QED) is 0.377. The Morgan fingerprint density at radius 2 is 0.929 bits per heavy atom. The zero-order valence-corrected chi connectivity index (χ0v) is 17.0. The molecule has 140 valence electrons. The Kier molecular flexibility index (Phi) is 4.77. The van der Waals surface area contributed by atoms with Crippen LogP contribution in [0.3, 0.4) is 0 Å². The normalized spacial score (nSPS) is 13.6. The van der Waals surface area contributed by atoms with Crippen LogP contribution < -0.4 is 0 Å². The highest BCUT2D eigenvalue weighted by atomic mass is 16.1. The molecule has 4 rings (SSSR count). The second kappa shape index (κ2) is 7.24. The van der Waals surface area contributed by atoms with Crippen molar-refractivity contribution >= 4 is 27.3 Å². The lowest BCUT2D eigenvalue weighted by Crippen LogP contribution is -2.16. The Hall–Kier alpha value is -2.93. The lowest BCUT2D eigenvalue weighted by atomic mass is 9.84. The molecule has 0 aliphatic carbocycles. The molecule has 4 aromatic rings. The highest BCUT2D eigenvalue weighted by molar-refractivity contribution is 5.94. The summed E-state index contributed by atoms with van der Waals surface area (Å²) < 4.78 is 0. The van der Waals surface area contributed by atoms with Gasteiger partial charge in [0.05, 0.1) is 0 Å². The number of aryl methyl sites for hydroxylation is 2. The van der Waals surface area contributed by atoms with E-state index in [1.54, 1.807) is 0 Å². The van der Waals surface area contributed by atoms with Crippen LogP contribution in [0.15, 0.2) is 72.8 Å². The number of carbonyl (C=O) groups is 1. The third-order valence-electron chi connectivity index (χ3n) is 5.89. The molecule has 0 amide bonds. The Labute approximate surface area is 167 Å². The maximum atomic E-state index is 13.2. The second-order valence-electron chi connectivity index (χ2n) is 8.07. The lowest BCUT2D eigenvalue weighted by molar-refractivity contribution is -0.121. The molecular formula is C27H26O. The van der Waals surface area contributed by atoms with Gasteiger partial charge in [-0.3, -0.25) is 4.79 Å². The Morgan fingerprint density at radius 3 is 1.36 bits per heavy atom. The molecule has 0 aromatic heterocycles. The van der Waals surface area contributed by atoms with E-state index in [1.807, 2.05) is 13.8 Å². The smallest absolute Gasteiger partial charge is 0.147 e. The van der Waals surface area contributed by atoms with Crippen LogP contribution in [-0.4, -0.2) is 5.78 Å². The topological polar surface area (TPSA) is 17.1 Å². The van der Waals surface area contributed by atoms with Crippen LogP contribution in [-0.2, 0) is 4.79 Å². The molecule has 1 nitrogen and oxygen atoms in total. The Bertz CT molecular complexity index is 1090. The van der Waals surface area contributed by atoms with E-state index in [4.69, 9.17) is 0 Å². The number of hydrogen-bond donors (Lipinski definition) is 0. The first-order chi connectivity index (χ1) is 13.4. The van der Waals surface area contributed by atoms with Crippen molar-refractivity contribution in [2.45, 2.75) is 39.5 Å². The highest BCUT2D eigenvalue weighted by Gasteiger charge is 2.23. The SMILES string of the molecule is Cc1ccc2cc(C(C)C(=O)C(C)c3ccc4cc(C)ccc4c3)ccc2c1. The van der Waals surface area contributed by atoms with Crippen LogP contribution in [0, 0.1) is 13.8 Å². The molecule has 0 aliphatic heterocycles. The molecule has 0 radical (unpaired) electrons. The minimum Gasteiger partial charge on any atom is -0.298 e. The maximum Gasteiger partial charge on any atom is 0.147 e. The number of Topliss-reactive ketones (excluding diaryl/α,β-unsaturated/α-hetero) is 1. The lowest BCUT2D eigenvalue weighted by Gasteiger charge is -2.18. The van der Waals surface area contributed by atoms with Gasteiger partial charge in [-0.2, -0.15) is 0 Å². The summed E-state index contributed by atoms with van der Waals surface area (Å²) in [6, 6.07) is 25.7. The van der Waals surface area contributed by atoms with Crippen molar-refractivity contribution in [1.82, 2.24) is 0 Å². The van der Waals surface area contributed by atoms with E-state index in [-0.39, 0.29) is 17.6 Å². The molecule has 2 atom stereocenters. The summed E-state index contributed by atoms with van der Waals surface area (Å²) in [6.45, 7) is 8.26. The number of ketones is 1. The minimum absolute atomic E-state index is 0.130. The van der Waals surface area contributed by atoms with Crippen molar-refractivity contribution < 1.29 is 4.79 Å². The molecule has 0 fully saturated rings. The predicted octanol–water partition coefficient (Wildman–Crippen LogP) is 7.09. The van der Waals surface area contributed by atoms with E-state index < -0.39 is 0 Å². The number of rotatable bonds is 4. The molecule has 2 unspecified atom stereocenters. The molecule has 4 aromatic carbocycles. The van der Waals surface area contributed by atoms with Crippen LogP contribution >= 0.6 is 0 Å². The van der Waals surface area contributed by atoms with Gasteiger partial charge in [0.1, 0.15) is 5.78 Å². The molecule has 0 heterocycles. The summed E-state index contributed by atoms with van der Waals surface area (Å²) in [5, 5.41) is 4.83. The summed E-state index contributed by atoms with van der Waals surface area (Å²) >= 11 is 0. The van der Waals surface area contributed by atoms with E-state index in [1.165, 1.54) is 32.7 Å². The van der Waals surface area contributed by atoms with Crippen molar-refractivity contribution in [2.24, 2.45) is 0 Å². The number of carbonyl (C=O) groups excluding carboxylic acids is 1. The van der Waals surface area contributed by atoms with E-state index in [2.05, 4.69) is 86.6 Å². The van der Waals surface area contributed by atoms with Crippen LogP contribution in [0.25, 0.3) is 21.5 Å². The van der Waals surface area contributed by atoms with Gasteiger partial charge in [0.15, 0.2) is 0 Å². The molecule has 1 heteroatoms. The molecule has 28 heavy (non-hydrogen) atoms. The summed E-state index contributed by atoms with van der Waals surface area (Å²) in [6.07, 6.45) is 0. The zero-order chi connectivity index (χ0) is 19.8. The predicted molar refractivity (Wildman–Crippen MR) is 119 cm³/mol. The number of hydrogen-bond acceptors (Lipinski definition) is 1. The van der Waals surface area contributed by atoms with Crippen molar-refractivity contribution in [1.29, 1.82) is 0 Å². The minimum atomic E-state index is -0.130. The van der Waals surface area contributed by atoms with Crippen molar-refractivity contribution in [3.63, 3.8) is 0 Å². The van der Waals surface area contributed by atoms with Gasteiger partial charge < -0.3 is 0 Å². The van der Waals surface area contributed by atoms with Crippen LogP contribution in [0.4, 0.5) is 0 Å². The van der Waals surface area contributed by atoms with Gasteiger partial charge in [-0.05, 0) is 46.5 Å². The van der Waals surface area contributed by atoms with Crippen molar-refractivity contribution in [2.75, 3.05) is 0 Å². The van der Waals surface area contributed by atoms with E-state index in [0.29, 0.717) is 0 Å². The molecule has 0 spiro atoms. The second-order valence-corrected chi connectivity index (χ2v) is 8.07. The Morgan fingerprint density at radius 1 is 0.571 bits per heavy atom. The summed E-state index contributed by atoms with van der Waals surface area (Å²) in [5.41, 5.74) is 4.68. The zero-order valence-electron chi connectivity index (χ0n) is 17.0. The van der Waals surface area contributed by atoms with Gasteiger partial charge in [0.25, 0.3) is 0 Å². The third-order valence-corrected chi connectivity index (χ3v) is 5.89. The van der Waals surface area contributed by atoms with Gasteiger partial charge >= 0.3 is 0 Å². The van der Waals surface area contributed by atoms with E-state index >= 15 is 0 Å². The Balaban J connectivity index is 1.62. The van der Waals surface area contributed by atoms with Gasteiger partial charge in [0, 0.05) is 11.8 Å². The summed E-state index contributed by atoms with van der Waals surface area (Å²) in [4.78, 5) is 13.2. The summed E-state index contributed by atoms with van der Waals surface area (Å²) in [7, 11) is 0. The van der Waals surface area contributed by atoms with Crippen LogP contribution in [0.1, 0.15) is 47.9 Å². The van der Waals surface area contributed by atoms with E-state index in [9.17, 15) is 4.79 Å². The first kappa shape index (κ1) is 18.4. The van der Waals surface area contributed by atoms with Gasteiger partial charge in [0.2, 0.25) is 0 Å². The fourth-order valence-corrected chi connectivity index (χ4v) is 4.01. The van der Waals surface area contributed by atoms with Crippen LogP contribution in [0.2, 0.25) is 0 Å². The molecule has 0 saturated heterocycles. The highest BCUT2D eigenvalue weighted by Crippen LogP contribution is 2.30. The summed E-state index contributed by atoms with van der Waals surface area (Å²) in [5.74, 6) is 0.00163. The van der Waals surface area contributed by atoms with Crippen molar-refractivity contribution in [3.8, 4) is 0 Å². The van der Waals surface area contributed by atoms with Gasteiger partial charge in [-0.1, -0.05) is 97.8 Å². The molecule has 0 aliphatic rings. The fraction of sp³-hybridized carbons (Fsp3) is 0.222. The fourth-order valence-electron chi connectivity index (χ4n) is 4.01. The number of benzene rings is 4. The molecule has 0 saturated carbocycles. The average Bonchev–Trinajstić information content (AvgIpc) is 2.71. The standard InChI is InChI=1S/C27H26O/c1-17-5-7-25-15-21(9-11-23(25)13-17)19(3)27(28)20(4)22-10-12-24-14-18(2)6-8-26(24)16-22/h5-16,19-20H,1-4H3. The maximum absolute atomic E-state index is 13.2. The average molecular weight is 367 g/mol. The van der Waals surface area contributed by atoms with Crippen molar-refractivity contribution in [3.05, 3.63) is 95.1 Å². The first-order valence-corrected chi connectivity index (χ1v) is 9.97. The third kappa shape index (κ3) is 3.45. The molecular weight excluding hydrogens is 340 g/mol. The van der Waals surface area contributed by atoms with Gasteiger partial charge in [-0.25, -0.2) is 0 Å². The largest absolute Gasteiger partial charge is 0.298 e. The first-order valence-electron chi connectivity index (χ1n) is 9.97.